The van der Waals surface area contributed by atoms with Crippen LogP contribution in [0.4, 0.5) is 11.5 Å². The zero-order valence-electron chi connectivity index (χ0n) is 13.9. The Labute approximate surface area is 143 Å². The molecule has 4 N–H and O–H groups in total. The van der Waals surface area contributed by atoms with Gasteiger partial charge in [-0.05, 0) is 37.6 Å². The van der Waals surface area contributed by atoms with Gasteiger partial charge in [0, 0.05) is 23.5 Å². The van der Waals surface area contributed by atoms with E-state index in [1.807, 2.05) is 19.9 Å². The number of hydrogen-bond donors (Lipinski definition) is 3. The van der Waals surface area contributed by atoms with Crippen LogP contribution in [0, 0.1) is 6.92 Å². The van der Waals surface area contributed by atoms with Crippen molar-refractivity contribution in [2.45, 2.75) is 19.9 Å². The molecule has 2 heterocycles. The number of pyridine rings is 1. The first-order chi connectivity index (χ1) is 11.9. The third kappa shape index (κ3) is 3.16. The molecule has 1 atom stereocenters. The van der Waals surface area contributed by atoms with Crippen LogP contribution in [-0.4, -0.2) is 20.5 Å². The molecule has 1 aromatic carbocycles. The molecule has 3 aromatic rings. The second kappa shape index (κ2) is 6.27. The number of para-hydroxylation sites is 1. The normalized spacial score (nSPS) is 12.1. The van der Waals surface area contributed by atoms with Gasteiger partial charge in [-0.3, -0.25) is 9.20 Å². The molecule has 0 unspecified atom stereocenters. The Morgan fingerprint density at radius 1 is 1.32 bits per heavy atom. The van der Waals surface area contributed by atoms with Gasteiger partial charge in [-0.2, -0.15) is 0 Å². The van der Waals surface area contributed by atoms with Crippen LogP contribution in [0.5, 0.6) is 0 Å². The highest BCUT2D eigenvalue weighted by Gasteiger charge is 2.16. The Bertz CT molecular complexity index is 1030. The van der Waals surface area contributed by atoms with E-state index in [9.17, 15) is 14.7 Å². The Kier molecular flexibility index (Phi) is 4.14. The zero-order valence-corrected chi connectivity index (χ0v) is 13.9. The molecule has 3 rings (SSSR count). The lowest BCUT2D eigenvalue weighted by Gasteiger charge is -2.19. The lowest BCUT2D eigenvalue weighted by molar-refractivity contribution is 0.0698. The van der Waals surface area contributed by atoms with Gasteiger partial charge < -0.3 is 16.2 Å². The average molecular weight is 338 g/mol. The maximum absolute atomic E-state index is 12.2. The van der Waals surface area contributed by atoms with Crippen molar-refractivity contribution >= 4 is 23.1 Å². The van der Waals surface area contributed by atoms with E-state index in [2.05, 4.69) is 10.3 Å². The summed E-state index contributed by atoms with van der Waals surface area (Å²) < 4.78 is 1.45. The number of hydrogen-bond acceptors (Lipinski definition) is 5. The minimum Gasteiger partial charge on any atom is -0.478 e. The number of carboxylic acid groups (broad SMARTS) is 1. The lowest BCUT2D eigenvalue weighted by Crippen LogP contribution is -2.19. The van der Waals surface area contributed by atoms with Crippen molar-refractivity contribution in [3.63, 3.8) is 0 Å². The van der Waals surface area contributed by atoms with Gasteiger partial charge in [0.2, 0.25) is 0 Å². The first kappa shape index (κ1) is 16.5. The standard InChI is InChI=1S/C18H18N4O3/c1-10-7-13(17-21-15(19)8-16(23)22(17)9-10)11(2)20-14-6-4-3-5-12(14)18(24)25/h3-9,11,20H,19H2,1-2H3,(H,24,25)/t11-/m1/s1. The number of anilines is 2. The number of rotatable bonds is 4. The highest BCUT2D eigenvalue weighted by molar-refractivity contribution is 5.94. The zero-order chi connectivity index (χ0) is 18.1. The van der Waals surface area contributed by atoms with Crippen LogP contribution >= 0.6 is 0 Å². The maximum atomic E-state index is 12.2. The number of nitrogens with two attached hydrogens (primary N) is 1. The van der Waals surface area contributed by atoms with Gasteiger partial charge in [0.25, 0.3) is 5.56 Å². The third-order valence-electron chi connectivity index (χ3n) is 3.94. The highest BCUT2D eigenvalue weighted by atomic mass is 16.4. The number of fused-ring (bicyclic) bond motifs is 1. The first-order valence-electron chi connectivity index (χ1n) is 7.75. The van der Waals surface area contributed by atoms with Crippen LogP contribution in [-0.2, 0) is 0 Å². The second-order valence-corrected chi connectivity index (χ2v) is 5.90. The van der Waals surface area contributed by atoms with E-state index in [0.29, 0.717) is 11.3 Å². The SMILES string of the molecule is Cc1cc([C@@H](C)Nc2ccccc2C(=O)O)c2nc(N)cc(=O)n2c1. The summed E-state index contributed by atoms with van der Waals surface area (Å²) in [6.07, 6.45) is 1.70. The Morgan fingerprint density at radius 3 is 2.76 bits per heavy atom. The van der Waals surface area contributed by atoms with Crippen LogP contribution in [0.3, 0.4) is 0 Å². The minimum absolute atomic E-state index is 0.147. The number of nitrogen functional groups attached to an aromatic ring is 1. The molecule has 0 aliphatic heterocycles. The summed E-state index contributed by atoms with van der Waals surface area (Å²) in [6.45, 7) is 3.76. The van der Waals surface area contributed by atoms with Crippen molar-refractivity contribution in [1.82, 2.24) is 9.38 Å². The molecule has 0 radical (unpaired) electrons. The number of aromatic carboxylic acids is 1. The smallest absolute Gasteiger partial charge is 0.337 e. The molecule has 128 valence electrons. The number of nitrogens with one attached hydrogen (secondary N) is 1. The van der Waals surface area contributed by atoms with E-state index in [4.69, 9.17) is 5.73 Å². The van der Waals surface area contributed by atoms with Gasteiger partial charge >= 0.3 is 5.97 Å². The summed E-state index contributed by atoms with van der Waals surface area (Å²) in [5.41, 5.74) is 8.22. The fraction of sp³-hybridized carbons (Fsp3) is 0.167. The summed E-state index contributed by atoms with van der Waals surface area (Å²) in [4.78, 5) is 27.8. The van der Waals surface area contributed by atoms with Crippen molar-refractivity contribution in [2.75, 3.05) is 11.1 Å². The minimum atomic E-state index is -1.01. The van der Waals surface area contributed by atoms with Gasteiger partial charge in [0.05, 0.1) is 11.6 Å². The van der Waals surface area contributed by atoms with E-state index in [0.717, 1.165) is 11.1 Å². The predicted octanol–water partition coefficient (Wildman–Crippen LogP) is 2.46. The van der Waals surface area contributed by atoms with Gasteiger partial charge in [-0.1, -0.05) is 12.1 Å². The molecule has 0 saturated heterocycles. The topological polar surface area (TPSA) is 110 Å². The summed E-state index contributed by atoms with van der Waals surface area (Å²) in [5.74, 6) is -0.865. The van der Waals surface area contributed by atoms with Crippen LogP contribution in [0.2, 0.25) is 0 Å². The van der Waals surface area contributed by atoms with E-state index in [1.54, 1.807) is 24.4 Å². The van der Waals surface area contributed by atoms with Crippen LogP contribution in [0.1, 0.15) is 34.5 Å². The lowest BCUT2D eigenvalue weighted by atomic mass is 10.1. The molecule has 0 amide bonds. The quantitative estimate of drug-likeness (QED) is 0.674. The molecular weight excluding hydrogens is 320 g/mol. The van der Waals surface area contributed by atoms with E-state index >= 15 is 0 Å². The van der Waals surface area contributed by atoms with Crippen molar-refractivity contribution in [1.29, 1.82) is 0 Å². The summed E-state index contributed by atoms with van der Waals surface area (Å²) in [6, 6.07) is 9.55. The highest BCUT2D eigenvalue weighted by Crippen LogP contribution is 2.25. The fourth-order valence-corrected chi connectivity index (χ4v) is 2.81. The summed E-state index contributed by atoms with van der Waals surface area (Å²) >= 11 is 0. The van der Waals surface area contributed by atoms with Crippen LogP contribution in [0.15, 0.2) is 47.4 Å². The van der Waals surface area contributed by atoms with Crippen molar-refractivity contribution in [3.05, 3.63) is 69.6 Å². The van der Waals surface area contributed by atoms with Gasteiger partial charge in [0.1, 0.15) is 11.5 Å². The molecular formula is C18H18N4O3. The monoisotopic (exact) mass is 338 g/mol. The molecule has 0 bridgehead atoms. The molecule has 25 heavy (non-hydrogen) atoms. The molecule has 0 aliphatic carbocycles. The van der Waals surface area contributed by atoms with Crippen molar-refractivity contribution in [3.8, 4) is 0 Å². The van der Waals surface area contributed by atoms with Gasteiger partial charge in [0.15, 0.2) is 0 Å². The molecule has 2 aromatic heterocycles. The molecule has 0 spiro atoms. The fourth-order valence-electron chi connectivity index (χ4n) is 2.81. The van der Waals surface area contributed by atoms with E-state index in [1.165, 1.54) is 16.5 Å². The average Bonchev–Trinajstić information content (AvgIpc) is 2.55. The number of benzene rings is 1. The van der Waals surface area contributed by atoms with E-state index in [-0.39, 0.29) is 23.0 Å². The van der Waals surface area contributed by atoms with Crippen LogP contribution < -0.4 is 16.6 Å². The summed E-state index contributed by atoms with van der Waals surface area (Å²) in [5, 5.41) is 12.5. The Hall–Kier alpha value is -3.35. The number of aromatic nitrogens is 2. The first-order valence-corrected chi connectivity index (χ1v) is 7.75. The molecule has 0 aliphatic rings. The largest absolute Gasteiger partial charge is 0.478 e. The Morgan fingerprint density at radius 2 is 2.04 bits per heavy atom. The summed E-state index contributed by atoms with van der Waals surface area (Å²) in [7, 11) is 0. The predicted molar refractivity (Wildman–Crippen MR) is 96.1 cm³/mol. The molecule has 0 fully saturated rings. The van der Waals surface area contributed by atoms with Crippen LogP contribution in [0.25, 0.3) is 5.65 Å². The Balaban J connectivity index is 2.11. The third-order valence-corrected chi connectivity index (χ3v) is 3.94. The number of carboxylic acids is 1. The number of carbonyl (C=O) groups is 1. The number of nitrogens with zero attached hydrogens (tertiary/aromatic N) is 2. The van der Waals surface area contributed by atoms with Crippen molar-refractivity contribution in [2.24, 2.45) is 0 Å². The van der Waals surface area contributed by atoms with E-state index < -0.39 is 5.97 Å². The van der Waals surface area contributed by atoms with Crippen molar-refractivity contribution < 1.29 is 9.90 Å². The van der Waals surface area contributed by atoms with Gasteiger partial charge in [-0.15, -0.1) is 0 Å². The maximum Gasteiger partial charge on any atom is 0.337 e. The van der Waals surface area contributed by atoms with Gasteiger partial charge in [-0.25, -0.2) is 9.78 Å². The molecule has 7 nitrogen and oxygen atoms in total. The number of aryl methyl sites for hydroxylation is 1. The second-order valence-electron chi connectivity index (χ2n) is 5.90. The molecule has 7 heteroatoms. The molecule has 0 saturated carbocycles.